The van der Waals surface area contributed by atoms with E-state index in [-0.39, 0.29) is 0 Å². The monoisotopic (exact) mass is 235 g/mol. The molecule has 0 radical (unpaired) electrons. The van der Waals surface area contributed by atoms with Crippen LogP contribution in [-0.2, 0) is 14.8 Å². The molecule has 0 saturated heterocycles. The lowest BCUT2D eigenvalue weighted by Gasteiger charge is -1.99. The van der Waals surface area contributed by atoms with Crippen LogP contribution in [0.5, 0.6) is 0 Å². The third-order valence-corrected chi connectivity index (χ3v) is 2.44. The van der Waals surface area contributed by atoms with Crippen molar-refractivity contribution in [2.45, 2.75) is 6.92 Å². The molecule has 0 spiro atoms. The summed E-state index contributed by atoms with van der Waals surface area (Å²) in [5.41, 5.74) is -0.835. The first-order chi connectivity index (χ1) is 6.70. The van der Waals surface area contributed by atoms with Crippen molar-refractivity contribution < 1.29 is 22.7 Å². The Morgan fingerprint density at radius 3 is 2.27 bits per heavy atom. The van der Waals surface area contributed by atoms with Gasteiger partial charge in [0.15, 0.2) is 0 Å². The van der Waals surface area contributed by atoms with E-state index in [1.807, 2.05) is 0 Å². The van der Waals surface area contributed by atoms with Crippen LogP contribution in [0.2, 0.25) is 0 Å². The average molecular weight is 235 g/mol. The first-order valence-corrected chi connectivity index (χ1v) is 5.23. The van der Waals surface area contributed by atoms with Crippen LogP contribution in [0.3, 0.4) is 0 Å². The van der Waals surface area contributed by atoms with E-state index in [1.54, 1.807) is 0 Å². The highest BCUT2D eigenvalue weighted by Crippen LogP contribution is 2.14. The lowest BCUT2D eigenvalue weighted by Crippen LogP contribution is -2.13. The van der Waals surface area contributed by atoms with Gasteiger partial charge in [0.05, 0.1) is 10.5 Å². The molecule has 0 saturated carbocycles. The molecule has 0 rings (SSSR count). The molecule has 84 valence electrons. The predicted octanol–water partition coefficient (Wildman–Crippen LogP) is 0.673. The Hall–Kier alpha value is -1.47. The Balaban J connectivity index is 5.24. The van der Waals surface area contributed by atoms with Gasteiger partial charge in [0.2, 0.25) is 10.0 Å². The number of allylic oxidation sites excluding steroid dienone is 2. The number of hydrogen-bond acceptors (Lipinski definition) is 3. The zero-order chi connectivity index (χ0) is 12.2. The number of nitrogens with two attached hydrogens (primary N) is 1. The molecule has 5 nitrogen and oxygen atoms in total. The van der Waals surface area contributed by atoms with E-state index >= 15 is 0 Å². The lowest BCUT2D eigenvalue weighted by molar-refractivity contribution is -0.132. The zero-order valence-corrected chi connectivity index (χ0v) is 8.71. The SMILES string of the molecule is C=C(C(=O)O)/C(F)=C\C(=C/C)S(N)(=O)=O. The topological polar surface area (TPSA) is 97.5 Å². The van der Waals surface area contributed by atoms with E-state index in [1.165, 1.54) is 6.92 Å². The fraction of sp³-hybridized carbons (Fsp3) is 0.125. The van der Waals surface area contributed by atoms with Crippen molar-refractivity contribution in [3.8, 4) is 0 Å². The minimum absolute atomic E-state index is 0.506. The molecule has 0 heterocycles. The molecule has 0 atom stereocenters. The fourth-order valence-electron chi connectivity index (χ4n) is 0.644. The normalized spacial score (nSPS) is 13.8. The quantitative estimate of drug-likeness (QED) is 0.552. The molecule has 0 aliphatic heterocycles. The molecule has 0 unspecified atom stereocenters. The fourth-order valence-corrected chi connectivity index (χ4v) is 1.24. The Morgan fingerprint density at radius 2 is 2.00 bits per heavy atom. The Kier molecular flexibility index (Phi) is 4.38. The summed E-state index contributed by atoms with van der Waals surface area (Å²) in [7, 11) is -4.06. The molecule has 7 heteroatoms. The van der Waals surface area contributed by atoms with Gasteiger partial charge in [0, 0.05) is 0 Å². The molecule has 3 N–H and O–H groups in total. The second-order valence-electron chi connectivity index (χ2n) is 2.51. The van der Waals surface area contributed by atoms with Gasteiger partial charge in [-0.2, -0.15) is 0 Å². The molecule has 0 bridgehead atoms. The first kappa shape index (κ1) is 13.5. The molecular formula is C8H10FNO4S. The average Bonchev–Trinajstić information content (AvgIpc) is 2.10. The van der Waals surface area contributed by atoms with Gasteiger partial charge in [0.25, 0.3) is 0 Å². The van der Waals surface area contributed by atoms with Crippen molar-refractivity contribution in [1.29, 1.82) is 0 Å². The van der Waals surface area contributed by atoms with Gasteiger partial charge in [0.1, 0.15) is 5.83 Å². The van der Waals surface area contributed by atoms with Crippen LogP contribution in [0.4, 0.5) is 4.39 Å². The zero-order valence-electron chi connectivity index (χ0n) is 7.90. The van der Waals surface area contributed by atoms with Crippen molar-refractivity contribution in [2.24, 2.45) is 5.14 Å². The van der Waals surface area contributed by atoms with Crippen LogP contribution in [-0.4, -0.2) is 19.5 Å². The third kappa shape index (κ3) is 4.05. The number of carboxylic acids is 1. The van der Waals surface area contributed by atoms with E-state index in [2.05, 4.69) is 6.58 Å². The lowest BCUT2D eigenvalue weighted by atomic mass is 10.2. The minimum atomic E-state index is -4.06. The molecule has 0 aliphatic carbocycles. The summed E-state index contributed by atoms with van der Waals surface area (Å²) in [6.07, 6.45) is 1.55. The molecule has 0 aromatic heterocycles. The molecule has 0 aliphatic rings. The molecule has 0 amide bonds. The number of rotatable bonds is 4. The maximum absolute atomic E-state index is 13.0. The highest BCUT2D eigenvalue weighted by molar-refractivity contribution is 7.93. The Morgan fingerprint density at radius 1 is 1.53 bits per heavy atom. The van der Waals surface area contributed by atoms with E-state index in [9.17, 15) is 17.6 Å². The smallest absolute Gasteiger partial charge is 0.338 e. The van der Waals surface area contributed by atoms with Gasteiger partial charge in [-0.3, -0.25) is 0 Å². The molecule has 15 heavy (non-hydrogen) atoms. The minimum Gasteiger partial charge on any atom is -0.478 e. The second-order valence-corrected chi connectivity index (χ2v) is 4.07. The number of carbonyl (C=O) groups is 1. The number of aliphatic carboxylic acids is 1. The number of sulfonamides is 1. The highest BCUT2D eigenvalue weighted by Gasteiger charge is 2.14. The van der Waals surface area contributed by atoms with Crippen LogP contribution < -0.4 is 5.14 Å². The maximum atomic E-state index is 13.0. The molecule has 0 fully saturated rings. The van der Waals surface area contributed by atoms with Gasteiger partial charge < -0.3 is 5.11 Å². The Bertz CT molecular complexity index is 447. The van der Waals surface area contributed by atoms with Crippen LogP contribution in [0.25, 0.3) is 0 Å². The van der Waals surface area contributed by atoms with Gasteiger partial charge in [-0.25, -0.2) is 22.7 Å². The summed E-state index contributed by atoms with van der Waals surface area (Å²) in [6, 6.07) is 0. The Labute approximate surface area is 86.4 Å². The summed E-state index contributed by atoms with van der Waals surface area (Å²) in [5.74, 6) is -2.83. The van der Waals surface area contributed by atoms with Crippen LogP contribution in [0.15, 0.2) is 35.0 Å². The maximum Gasteiger partial charge on any atom is 0.338 e. The summed E-state index contributed by atoms with van der Waals surface area (Å²) in [4.78, 5) is 9.77. The standard InChI is InChI=1S/C8H10FNO4S/c1-3-6(15(10,13)14)4-7(9)5(2)8(11)12/h3-4H,2H2,1H3,(H,11,12)(H2,10,13,14)/b6-3+,7-4+. The van der Waals surface area contributed by atoms with E-state index < -0.39 is 32.3 Å². The number of hydrogen-bond donors (Lipinski definition) is 2. The van der Waals surface area contributed by atoms with Gasteiger partial charge in [-0.05, 0) is 13.0 Å². The van der Waals surface area contributed by atoms with Gasteiger partial charge in [-0.15, -0.1) is 0 Å². The third-order valence-electron chi connectivity index (χ3n) is 1.43. The van der Waals surface area contributed by atoms with Gasteiger partial charge in [-0.1, -0.05) is 12.7 Å². The largest absolute Gasteiger partial charge is 0.478 e. The van der Waals surface area contributed by atoms with Crippen molar-refractivity contribution in [2.75, 3.05) is 0 Å². The molecular weight excluding hydrogens is 225 g/mol. The van der Waals surface area contributed by atoms with Crippen molar-refractivity contribution in [1.82, 2.24) is 0 Å². The van der Waals surface area contributed by atoms with Crippen LogP contribution in [0.1, 0.15) is 6.92 Å². The van der Waals surface area contributed by atoms with Crippen LogP contribution in [0, 0.1) is 0 Å². The van der Waals surface area contributed by atoms with E-state index in [0.29, 0.717) is 6.08 Å². The van der Waals surface area contributed by atoms with E-state index in [4.69, 9.17) is 10.2 Å². The summed E-state index contributed by atoms with van der Waals surface area (Å²) in [6.45, 7) is 4.24. The number of halogens is 1. The van der Waals surface area contributed by atoms with Crippen LogP contribution >= 0.6 is 0 Å². The number of primary sulfonamides is 1. The number of carboxylic acid groups (broad SMARTS) is 1. The predicted molar refractivity (Wildman–Crippen MR) is 52.8 cm³/mol. The summed E-state index contributed by atoms with van der Waals surface area (Å²) in [5, 5.41) is 13.1. The molecule has 0 aromatic carbocycles. The van der Waals surface area contributed by atoms with Crippen molar-refractivity contribution in [3.63, 3.8) is 0 Å². The second kappa shape index (κ2) is 4.85. The highest BCUT2D eigenvalue weighted by atomic mass is 32.2. The first-order valence-electron chi connectivity index (χ1n) is 3.69. The van der Waals surface area contributed by atoms with Gasteiger partial charge >= 0.3 is 5.97 Å². The molecule has 0 aromatic rings. The van der Waals surface area contributed by atoms with E-state index in [0.717, 1.165) is 6.08 Å². The van der Waals surface area contributed by atoms with Crippen molar-refractivity contribution >= 4 is 16.0 Å². The summed E-state index contributed by atoms with van der Waals surface area (Å²) >= 11 is 0. The summed E-state index contributed by atoms with van der Waals surface area (Å²) < 4.78 is 34.7. The van der Waals surface area contributed by atoms with Crippen molar-refractivity contribution in [3.05, 3.63) is 35.0 Å².